The lowest BCUT2D eigenvalue weighted by atomic mass is 10.2. The number of aromatic nitrogens is 2. The van der Waals surface area contributed by atoms with E-state index in [0.717, 1.165) is 27.0 Å². The highest BCUT2D eigenvalue weighted by molar-refractivity contribution is 9.10. The van der Waals surface area contributed by atoms with Gasteiger partial charge in [0.2, 0.25) is 6.79 Å². The summed E-state index contributed by atoms with van der Waals surface area (Å²) in [4.78, 5) is 16.9. The van der Waals surface area contributed by atoms with Crippen molar-refractivity contribution in [1.29, 1.82) is 0 Å². The molecule has 2 heterocycles. The molecule has 4 rings (SSSR count). The number of rotatable bonds is 4. The Labute approximate surface area is 158 Å². The van der Waals surface area contributed by atoms with Crippen LogP contribution in [0.1, 0.15) is 11.1 Å². The number of nitrogens with zero attached hydrogens (tertiary/aromatic N) is 2. The lowest BCUT2D eigenvalue weighted by Gasteiger charge is -2.10. The SMILES string of the molecule is Cc1cc(-n2ccnc(NCc3ccc4c(c3)OCO4)c2=O)ccc1Br. The van der Waals surface area contributed by atoms with Crippen molar-refractivity contribution >= 4 is 21.7 Å². The average molecular weight is 414 g/mol. The number of nitrogens with one attached hydrogen (secondary N) is 1. The minimum Gasteiger partial charge on any atom is -0.454 e. The van der Waals surface area contributed by atoms with Crippen LogP contribution in [0.3, 0.4) is 0 Å². The molecule has 7 heteroatoms. The summed E-state index contributed by atoms with van der Waals surface area (Å²) < 4.78 is 13.3. The number of ether oxygens (including phenoxy) is 2. The fourth-order valence-electron chi connectivity index (χ4n) is 2.75. The Bertz CT molecular complexity index is 1030. The van der Waals surface area contributed by atoms with Crippen LogP contribution >= 0.6 is 15.9 Å². The predicted octanol–water partition coefficient (Wildman–Crippen LogP) is 3.64. The van der Waals surface area contributed by atoms with Crippen LogP contribution in [0.15, 0.2) is 58.1 Å². The van der Waals surface area contributed by atoms with Crippen LogP contribution in [0.4, 0.5) is 5.82 Å². The molecule has 0 spiro atoms. The van der Waals surface area contributed by atoms with Crippen molar-refractivity contribution < 1.29 is 9.47 Å². The Kier molecular flexibility index (Phi) is 4.38. The van der Waals surface area contributed by atoms with Gasteiger partial charge in [-0.1, -0.05) is 22.0 Å². The molecule has 1 aromatic heterocycles. The van der Waals surface area contributed by atoms with Crippen molar-refractivity contribution in [2.75, 3.05) is 12.1 Å². The number of halogens is 1. The van der Waals surface area contributed by atoms with E-state index in [2.05, 4.69) is 26.2 Å². The zero-order chi connectivity index (χ0) is 18.1. The molecule has 0 aliphatic carbocycles. The zero-order valence-corrected chi connectivity index (χ0v) is 15.6. The van der Waals surface area contributed by atoms with E-state index >= 15 is 0 Å². The van der Waals surface area contributed by atoms with Gasteiger partial charge in [0.05, 0.1) is 0 Å². The quantitative estimate of drug-likeness (QED) is 0.706. The van der Waals surface area contributed by atoms with Crippen molar-refractivity contribution in [2.45, 2.75) is 13.5 Å². The maximum absolute atomic E-state index is 12.8. The third kappa shape index (κ3) is 3.17. The van der Waals surface area contributed by atoms with Gasteiger partial charge in [-0.3, -0.25) is 9.36 Å². The first-order valence-corrected chi connectivity index (χ1v) is 8.88. The molecule has 26 heavy (non-hydrogen) atoms. The molecule has 132 valence electrons. The molecule has 1 aliphatic rings. The fourth-order valence-corrected chi connectivity index (χ4v) is 3.00. The monoisotopic (exact) mass is 413 g/mol. The first-order valence-electron chi connectivity index (χ1n) is 8.08. The highest BCUT2D eigenvalue weighted by Gasteiger charge is 2.13. The number of hydrogen-bond donors (Lipinski definition) is 1. The molecule has 3 aromatic rings. The van der Waals surface area contributed by atoms with Gasteiger partial charge in [-0.25, -0.2) is 4.98 Å². The molecule has 0 saturated carbocycles. The van der Waals surface area contributed by atoms with Crippen molar-refractivity contribution in [1.82, 2.24) is 9.55 Å². The molecule has 1 aliphatic heterocycles. The average Bonchev–Trinajstić information content (AvgIpc) is 3.11. The lowest BCUT2D eigenvalue weighted by Crippen LogP contribution is -2.23. The summed E-state index contributed by atoms with van der Waals surface area (Å²) >= 11 is 3.48. The first kappa shape index (κ1) is 16.7. The molecule has 0 amide bonds. The van der Waals surface area contributed by atoms with Crippen LogP contribution in [0.2, 0.25) is 0 Å². The molecule has 0 fully saturated rings. The molecule has 6 nitrogen and oxygen atoms in total. The molecule has 0 radical (unpaired) electrons. The minimum atomic E-state index is -0.199. The van der Waals surface area contributed by atoms with E-state index in [1.807, 2.05) is 43.3 Å². The summed E-state index contributed by atoms with van der Waals surface area (Å²) in [5.41, 5.74) is 2.63. The van der Waals surface area contributed by atoms with Gasteiger partial charge in [0.25, 0.3) is 5.56 Å². The minimum absolute atomic E-state index is 0.199. The Morgan fingerprint density at radius 3 is 2.88 bits per heavy atom. The molecule has 0 unspecified atom stereocenters. The van der Waals surface area contributed by atoms with Crippen molar-refractivity contribution in [2.24, 2.45) is 0 Å². The maximum atomic E-state index is 12.8. The third-order valence-electron chi connectivity index (χ3n) is 4.16. The molecule has 0 bridgehead atoms. The predicted molar refractivity (Wildman–Crippen MR) is 102 cm³/mol. The topological polar surface area (TPSA) is 65.4 Å². The normalized spacial score (nSPS) is 12.2. The van der Waals surface area contributed by atoms with Crippen LogP contribution in [0.5, 0.6) is 11.5 Å². The van der Waals surface area contributed by atoms with E-state index in [-0.39, 0.29) is 12.4 Å². The largest absolute Gasteiger partial charge is 0.454 e. The molecular weight excluding hydrogens is 398 g/mol. The Balaban J connectivity index is 1.58. The maximum Gasteiger partial charge on any atom is 0.297 e. The Morgan fingerprint density at radius 2 is 2.04 bits per heavy atom. The van der Waals surface area contributed by atoms with Crippen LogP contribution in [0.25, 0.3) is 5.69 Å². The molecule has 0 saturated heterocycles. The first-order chi connectivity index (χ1) is 12.6. The second-order valence-electron chi connectivity index (χ2n) is 5.93. The standard InChI is InChI=1S/C19H16BrN3O3/c1-12-8-14(3-4-15(12)20)23-7-6-21-18(19(23)24)22-10-13-2-5-16-17(9-13)26-11-25-16/h2-9H,10-11H2,1H3,(H,21,22). The third-order valence-corrected chi connectivity index (χ3v) is 5.05. The molecule has 1 N–H and O–H groups in total. The molecule has 2 aromatic carbocycles. The van der Waals surface area contributed by atoms with E-state index in [4.69, 9.17) is 9.47 Å². The van der Waals surface area contributed by atoms with E-state index in [1.54, 1.807) is 17.0 Å². The smallest absolute Gasteiger partial charge is 0.297 e. The van der Waals surface area contributed by atoms with Gasteiger partial charge < -0.3 is 14.8 Å². The van der Waals surface area contributed by atoms with Crippen LogP contribution in [-0.4, -0.2) is 16.3 Å². The summed E-state index contributed by atoms with van der Waals surface area (Å²) in [6.07, 6.45) is 3.28. The highest BCUT2D eigenvalue weighted by Crippen LogP contribution is 2.32. The van der Waals surface area contributed by atoms with Gasteiger partial charge in [-0.2, -0.15) is 0 Å². The summed E-state index contributed by atoms with van der Waals surface area (Å²) in [6, 6.07) is 11.5. The number of hydrogen-bond acceptors (Lipinski definition) is 5. The van der Waals surface area contributed by atoms with Crippen LogP contribution in [0, 0.1) is 6.92 Å². The van der Waals surface area contributed by atoms with Crippen LogP contribution in [-0.2, 0) is 6.54 Å². The summed E-state index contributed by atoms with van der Waals surface area (Å²) in [7, 11) is 0. The van der Waals surface area contributed by atoms with Crippen molar-refractivity contribution in [3.05, 3.63) is 74.7 Å². The molecular formula is C19H16BrN3O3. The summed E-state index contributed by atoms with van der Waals surface area (Å²) in [5.74, 6) is 1.75. The summed E-state index contributed by atoms with van der Waals surface area (Å²) in [5, 5.41) is 3.11. The Morgan fingerprint density at radius 1 is 1.19 bits per heavy atom. The van der Waals surface area contributed by atoms with Gasteiger partial charge in [-0.15, -0.1) is 0 Å². The zero-order valence-electron chi connectivity index (χ0n) is 14.0. The van der Waals surface area contributed by atoms with Gasteiger partial charge in [0.1, 0.15) is 0 Å². The number of benzene rings is 2. The van der Waals surface area contributed by atoms with E-state index in [0.29, 0.717) is 18.1 Å². The van der Waals surface area contributed by atoms with Gasteiger partial charge in [0, 0.05) is 29.1 Å². The van der Waals surface area contributed by atoms with Gasteiger partial charge in [0.15, 0.2) is 17.3 Å². The number of anilines is 1. The van der Waals surface area contributed by atoms with Gasteiger partial charge in [-0.05, 0) is 48.4 Å². The highest BCUT2D eigenvalue weighted by atomic mass is 79.9. The number of fused-ring (bicyclic) bond motifs is 1. The Hall–Kier alpha value is -2.80. The van der Waals surface area contributed by atoms with Crippen LogP contribution < -0.4 is 20.3 Å². The second-order valence-corrected chi connectivity index (χ2v) is 6.78. The van der Waals surface area contributed by atoms with Gasteiger partial charge >= 0.3 is 0 Å². The summed E-state index contributed by atoms with van der Waals surface area (Å²) in [6.45, 7) is 2.69. The van der Waals surface area contributed by atoms with Crippen molar-refractivity contribution in [3.63, 3.8) is 0 Å². The van der Waals surface area contributed by atoms with E-state index in [9.17, 15) is 4.79 Å². The fraction of sp³-hybridized carbons (Fsp3) is 0.158. The second kappa shape index (κ2) is 6.84. The molecule has 0 atom stereocenters. The lowest BCUT2D eigenvalue weighted by molar-refractivity contribution is 0.174. The van der Waals surface area contributed by atoms with E-state index in [1.165, 1.54) is 0 Å². The van der Waals surface area contributed by atoms with E-state index < -0.39 is 0 Å². The van der Waals surface area contributed by atoms with Crippen molar-refractivity contribution in [3.8, 4) is 17.2 Å². The number of aryl methyl sites for hydroxylation is 1.